The lowest BCUT2D eigenvalue weighted by Crippen LogP contribution is -2.49. The number of aromatic nitrogens is 2. The number of nitrogens with zero attached hydrogens (tertiary/aromatic N) is 4. The molecular weight excluding hydrogens is 330 g/mol. The monoisotopic (exact) mass is 355 g/mol. The number of methoxy groups -OCH3 is 1. The molecule has 1 fully saturated rings. The molecule has 1 aliphatic rings. The lowest BCUT2D eigenvalue weighted by molar-refractivity contribution is 0.0746. The van der Waals surface area contributed by atoms with Crippen molar-refractivity contribution < 1.29 is 9.53 Å². The zero-order chi connectivity index (χ0) is 18.5. The van der Waals surface area contributed by atoms with Crippen LogP contribution in [-0.4, -0.2) is 60.6 Å². The largest absolute Gasteiger partial charge is 0.497 e. The standard InChI is InChI=1S/C19H25N5O2/c1-4-20-17-13-18(22-14(2)21-17)23-8-10-24(11-9-23)19(25)15-6-5-7-16(12-15)26-3/h5-7,12-13H,4,8-11H2,1-3H3,(H,20,21,22). The maximum absolute atomic E-state index is 12.7. The molecule has 26 heavy (non-hydrogen) atoms. The summed E-state index contributed by atoms with van der Waals surface area (Å²) in [6, 6.07) is 9.26. The molecule has 138 valence electrons. The van der Waals surface area contributed by atoms with Crippen LogP contribution in [0.15, 0.2) is 30.3 Å². The Hall–Kier alpha value is -2.83. The molecule has 7 nitrogen and oxygen atoms in total. The number of piperazine rings is 1. The zero-order valence-corrected chi connectivity index (χ0v) is 15.5. The molecule has 7 heteroatoms. The van der Waals surface area contributed by atoms with Gasteiger partial charge in [-0.05, 0) is 32.0 Å². The van der Waals surface area contributed by atoms with Gasteiger partial charge in [0.2, 0.25) is 0 Å². The second-order valence-corrected chi connectivity index (χ2v) is 6.20. The minimum Gasteiger partial charge on any atom is -0.497 e. The van der Waals surface area contributed by atoms with Crippen molar-refractivity contribution in [1.82, 2.24) is 14.9 Å². The highest BCUT2D eigenvalue weighted by atomic mass is 16.5. The first-order chi connectivity index (χ1) is 12.6. The third-order valence-corrected chi connectivity index (χ3v) is 4.39. The van der Waals surface area contributed by atoms with Gasteiger partial charge in [0, 0.05) is 44.4 Å². The number of aryl methyl sites for hydroxylation is 1. The molecule has 0 aliphatic carbocycles. The first kappa shape index (κ1) is 18.0. The van der Waals surface area contributed by atoms with Gasteiger partial charge in [0.15, 0.2) is 0 Å². The van der Waals surface area contributed by atoms with Crippen LogP contribution in [0, 0.1) is 6.92 Å². The molecule has 0 unspecified atom stereocenters. The van der Waals surface area contributed by atoms with Crippen LogP contribution in [0.25, 0.3) is 0 Å². The van der Waals surface area contributed by atoms with Crippen molar-refractivity contribution in [2.45, 2.75) is 13.8 Å². The second-order valence-electron chi connectivity index (χ2n) is 6.20. The summed E-state index contributed by atoms with van der Waals surface area (Å²) in [4.78, 5) is 25.7. The number of amides is 1. The van der Waals surface area contributed by atoms with Crippen LogP contribution in [0.4, 0.5) is 11.6 Å². The Morgan fingerprint density at radius 3 is 2.65 bits per heavy atom. The fourth-order valence-electron chi connectivity index (χ4n) is 3.06. The number of nitrogens with one attached hydrogen (secondary N) is 1. The van der Waals surface area contributed by atoms with E-state index in [9.17, 15) is 4.79 Å². The van der Waals surface area contributed by atoms with E-state index in [0.717, 1.165) is 37.1 Å². The van der Waals surface area contributed by atoms with Gasteiger partial charge >= 0.3 is 0 Å². The van der Waals surface area contributed by atoms with Crippen LogP contribution >= 0.6 is 0 Å². The van der Waals surface area contributed by atoms with Crippen LogP contribution in [0.5, 0.6) is 5.75 Å². The van der Waals surface area contributed by atoms with Crippen molar-refractivity contribution in [2.24, 2.45) is 0 Å². The molecule has 2 heterocycles. The molecule has 1 N–H and O–H groups in total. The fourth-order valence-corrected chi connectivity index (χ4v) is 3.06. The smallest absolute Gasteiger partial charge is 0.254 e. The molecular formula is C19H25N5O2. The SMILES string of the molecule is CCNc1cc(N2CCN(C(=O)c3cccc(OC)c3)CC2)nc(C)n1. The number of hydrogen-bond acceptors (Lipinski definition) is 6. The third-order valence-electron chi connectivity index (χ3n) is 4.39. The molecule has 0 radical (unpaired) electrons. The van der Waals surface area contributed by atoms with Gasteiger partial charge in [0.05, 0.1) is 7.11 Å². The molecule has 0 saturated carbocycles. The Bertz CT molecular complexity index is 772. The lowest BCUT2D eigenvalue weighted by Gasteiger charge is -2.35. The molecule has 0 bridgehead atoms. The summed E-state index contributed by atoms with van der Waals surface area (Å²) in [5.74, 6) is 3.22. The van der Waals surface area contributed by atoms with Crippen molar-refractivity contribution in [2.75, 3.05) is 50.1 Å². The topological polar surface area (TPSA) is 70.6 Å². The van der Waals surface area contributed by atoms with Crippen LogP contribution in [0.3, 0.4) is 0 Å². The van der Waals surface area contributed by atoms with Gasteiger partial charge in [-0.15, -0.1) is 0 Å². The number of rotatable bonds is 5. The van der Waals surface area contributed by atoms with E-state index in [1.165, 1.54) is 0 Å². The Balaban J connectivity index is 1.66. The Morgan fingerprint density at radius 1 is 1.19 bits per heavy atom. The number of hydrogen-bond donors (Lipinski definition) is 1. The quantitative estimate of drug-likeness (QED) is 0.887. The van der Waals surface area contributed by atoms with E-state index in [1.54, 1.807) is 13.2 Å². The van der Waals surface area contributed by atoms with Crippen molar-refractivity contribution >= 4 is 17.5 Å². The normalized spacial score (nSPS) is 14.3. The Kier molecular flexibility index (Phi) is 5.55. The van der Waals surface area contributed by atoms with E-state index in [2.05, 4.69) is 20.2 Å². The molecule has 1 aromatic carbocycles. The minimum atomic E-state index is 0.0377. The van der Waals surface area contributed by atoms with E-state index in [0.29, 0.717) is 24.4 Å². The van der Waals surface area contributed by atoms with E-state index in [-0.39, 0.29) is 5.91 Å². The van der Waals surface area contributed by atoms with Crippen molar-refractivity contribution in [1.29, 1.82) is 0 Å². The van der Waals surface area contributed by atoms with Gasteiger partial charge in [-0.1, -0.05) is 6.07 Å². The Morgan fingerprint density at radius 2 is 1.96 bits per heavy atom. The first-order valence-electron chi connectivity index (χ1n) is 8.88. The van der Waals surface area contributed by atoms with Gasteiger partial charge in [-0.2, -0.15) is 0 Å². The first-order valence-corrected chi connectivity index (χ1v) is 8.88. The molecule has 1 aliphatic heterocycles. The van der Waals surface area contributed by atoms with E-state index in [4.69, 9.17) is 4.74 Å². The lowest BCUT2D eigenvalue weighted by atomic mass is 10.1. The molecule has 0 spiro atoms. The molecule has 2 aromatic rings. The number of benzene rings is 1. The summed E-state index contributed by atoms with van der Waals surface area (Å²) in [6.45, 7) is 7.58. The number of anilines is 2. The molecule has 1 aromatic heterocycles. The fraction of sp³-hybridized carbons (Fsp3) is 0.421. The summed E-state index contributed by atoms with van der Waals surface area (Å²) >= 11 is 0. The number of carbonyl (C=O) groups excluding carboxylic acids is 1. The zero-order valence-electron chi connectivity index (χ0n) is 15.5. The van der Waals surface area contributed by atoms with Gasteiger partial charge < -0.3 is 19.9 Å². The van der Waals surface area contributed by atoms with Gasteiger partial charge in [0.25, 0.3) is 5.91 Å². The van der Waals surface area contributed by atoms with Crippen molar-refractivity contribution in [3.63, 3.8) is 0 Å². The Labute approximate surface area is 154 Å². The summed E-state index contributed by atoms with van der Waals surface area (Å²) in [5, 5.41) is 3.23. The van der Waals surface area contributed by atoms with Crippen LogP contribution in [0.1, 0.15) is 23.1 Å². The maximum atomic E-state index is 12.7. The molecule has 0 atom stereocenters. The highest BCUT2D eigenvalue weighted by Crippen LogP contribution is 2.19. The third kappa shape index (κ3) is 4.04. The number of ether oxygens (including phenoxy) is 1. The second kappa shape index (κ2) is 8.03. The molecule has 1 amide bonds. The van der Waals surface area contributed by atoms with Crippen molar-refractivity contribution in [3.05, 3.63) is 41.7 Å². The summed E-state index contributed by atoms with van der Waals surface area (Å²) < 4.78 is 5.21. The predicted molar refractivity (Wildman–Crippen MR) is 102 cm³/mol. The maximum Gasteiger partial charge on any atom is 0.254 e. The number of carbonyl (C=O) groups is 1. The van der Waals surface area contributed by atoms with Crippen molar-refractivity contribution in [3.8, 4) is 5.75 Å². The minimum absolute atomic E-state index is 0.0377. The van der Waals surface area contributed by atoms with Crippen LogP contribution < -0.4 is 15.0 Å². The van der Waals surface area contributed by atoms with Gasteiger partial charge in [-0.25, -0.2) is 9.97 Å². The van der Waals surface area contributed by atoms with Gasteiger partial charge in [-0.3, -0.25) is 4.79 Å². The van der Waals surface area contributed by atoms with Crippen LogP contribution in [0.2, 0.25) is 0 Å². The average Bonchev–Trinajstić information content (AvgIpc) is 2.67. The van der Waals surface area contributed by atoms with Gasteiger partial charge in [0.1, 0.15) is 23.2 Å². The van der Waals surface area contributed by atoms with E-state index >= 15 is 0 Å². The highest BCUT2D eigenvalue weighted by Gasteiger charge is 2.23. The summed E-state index contributed by atoms with van der Waals surface area (Å²) in [5.41, 5.74) is 0.658. The molecule has 1 saturated heterocycles. The summed E-state index contributed by atoms with van der Waals surface area (Å²) in [7, 11) is 1.60. The average molecular weight is 355 g/mol. The van der Waals surface area contributed by atoms with E-state index in [1.807, 2.05) is 43.0 Å². The highest BCUT2D eigenvalue weighted by molar-refractivity contribution is 5.94. The van der Waals surface area contributed by atoms with Crippen LogP contribution in [-0.2, 0) is 0 Å². The summed E-state index contributed by atoms with van der Waals surface area (Å²) in [6.07, 6.45) is 0. The van der Waals surface area contributed by atoms with E-state index < -0.39 is 0 Å². The molecule has 3 rings (SSSR count). The predicted octanol–water partition coefficient (Wildman–Crippen LogP) is 2.19.